The van der Waals surface area contributed by atoms with Gasteiger partial charge in [-0.2, -0.15) is 14.9 Å². The molecule has 8 heteroatoms. The highest BCUT2D eigenvalue weighted by Crippen LogP contribution is 2.18. The molecule has 0 spiro atoms. The molecular formula is C20H13FN6O. The monoisotopic (exact) mass is 372 g/mol. The summed E-state index contributed by atoms with van der Waals surface area (Å²) in [5.74, 6) is -0.203. The van der Waals surface area contributed by atoms with E-state index in [1.165, 1.54) is 22.7 Å². The summed E-state index contributed by atoms with van der Waals surface area (Å²) in [6.45, 7) is 0.108. The van der Waals surface area contributed by atoms with Crippen LogP contribution in [0.1, 0.15) is 21.7 Å². The number of benzene rings is 2. The first kappa shape index (κ1) is 17.3. The van der Waals surface area contributed by atoms with E-state index in [1.807, 2.05) is 6.07 Å². The SMILES string of the molecule is N#Cc1cccc(C(=O)NCc2nnc3ccc(-c4ccc(F)cc4)nn23)c1. The normalized spacial score (nSPS) is 10.6. The van der Waals surface area contributed by atoms with Gasteiger partial charge in [0.05, 0.1) is 23.9 Å². The molecule has 4 rings (SSSR count). The van der Waals surface area contributed by atoms with Crippen molar-refractivity contribution in [2.75, 3.05) is 0 Å². The Balaban J connectivity index is 1.57. The minimum atomic E-state index is -0.330. The number of hydrogen-bond donors (Lipinski definition) is 1. The molecule has 28 heavy (non-hydrogen) atoms. The van der Waals surface area contributed by atoms with E-state index in [1.54, 1.807) is 42.5 Å². The number of carbonyl (C=O) groups excluding carboxylic acids is 1. The lowest BCUT2D eigenvalue weighted by molar-refractivity contribution is 0.0949. The van der Waals surface area contributed by atoms with Gasteiger partial charge in [0.2, 0.25) is 0 Å². The molecule has 7 nitrogen and oxygen atoms in total. The van der Waals surface area contributed by atoms with Crippen molar-refractivity contribution >= 4 is 11.6 Å². The highest BCUT2D eigenvalue weighted by molar-refractivity contribution is 5.94. The number of fused-ring (bicyclic) bond motifs is 1. The summed E-state index contributed by atoms with van der Waals surface area (Å²) in [5, 5.41) is 24.3. The van der Waals surface area contributed by atoms with E-state index in [0.717, 1.165) is 5.56 Å². The Morgan fingerprint density at radius 3 is 2.71 bits per heavy atom. The minimum Gasteiger partial charge on any atom is -0.345 e. The van der Waals surface area contributed by atoms with Crippen LogP contribution in [0.3, 0.4) is 0 Å². The van der Waals surface area contributed by atoms with Gasteiger partial charge in [-0.15, -0.1) is 10.2 Å². The van der Waals surface area contributed by atoms with Gasteiger partial charge in [-0.1, -0.05) is 6.07 Å². The van der Waals surface area contributed by atoms with Gasteiger partial charge in [0.1, 0.15) is 5.82 Å². The van der Waals surface area contributed by atoms with Crippen LogP contribution in [-0.2, 0) is 6.54 Å². The van der Waals surface area contributed by atoms with Gasteiger partial charge in [-0.25, -0.2) is 4.39 Å². The third-order valence-corrected chi connectivity index (χ3v) is 4.13. The molecule has 0 fully saturated rings. The molecule has 0 aliphatic rings. The number of rotatable bonds is 4. The van der Waals surface area contributed by atoms with Gasteiger partial charge in [0, 0.05) is 11.1 Å². The van der Waals surface area contributed by atoms with Crippen molar-refractivity contribution in [1.82, 2.24) is 25.1 Å². The minimum absolute atomic E-state index is 0.108. The molecule has 0 radical (unpaired) electrons. The van der Waals surface area contributed by atoms with Crippen LogP contribution in [0.2, 0.25) is 0 Å². The zero-order chi connectivity index (χ0) is 19.5. The van der Waals surface area contributed by atoms with Crippen LogP contribution in [0.15, 0.2) is 60.7 Å². The van der Waals surface area contributed by atoms with E-state index in [2.05, 4.69) is 20.6 Å². The summed E-state index contributed by atoms with van der Waals surface area (Å²) in [7, 11) is 0. The number of aromatic nitrogens is 4. The van der Waals surface area contributed by atoms with Gasteiger partial charge in [0.25, 0.3) is 5.91 Å². The highest BCUT2D eigenvalue weighted by Gasteiger charge is 2.12. The zero-order valence-electron chi connectivity index (χ0n) is 14.5. The largest absolute Gasteiger partial charge is 0.345 e. The first-order chi connectivity index (χ1) is 13.6. The van der Waals surface area contributed by atoms with Crippen LogP contribution in [0.25, 0.3) is 16.9 Å². The second-order valence-corrected chi connectivity index (χ2v) is 5.99. The number of nitrogens with one attached hydrogen (secondary N) is 1. The standard InChI is InChI=1S/C20H13FN6O/c21-16-6-4-14(5-7-16)17-8-9-18-24-25-19(27(18)26-17)12-23-20(28)15-3-1-2-13(10-15)11-22/h1-10H,12H2,(H,23,28). The number of amides is 1. The molecule has 0 aliphatic carbocycles. The molecule has 0 saturated heterocycles. The first-order valence-corrected chi connectivity index (χ1v) is 8.40. The fourth-order valence-electron chi connectivity index (χ4n) is 2.71. The molecular weight excluding hydrogens is 359 g/mol. The molecule has 2 aromatic carbocycles. The number of carbonyl (C=O) groups is 1. The summed E-state index contributed by atoms with van der Waals surface area (Å²) in [4.78, 5) is 12.3. The second-order valence-electron chi connectivity index (χ2n) is 5.99. The molecule has 0 bridgehead atoms. The fraction of sp³-hybridized carbons (Fsp3) is 0.0500. The van der Waals surface area contributed by atoms with E-state index >= 15 is 0 Å². The van der Waals surface area contributed by atoms with E-state index in [-0.39, 0.29) is 18.3 Å². The summed E-state index contributed by atoms with van der Waals surface area (Å²) in [6.07, 6.45) is 0. The van der Waals surface area contributed by atoms with Crippen molar-refractivity contribution in [2.45, 2.75) is 6.54 Å². The molecule has 0 saturated carbocycles. The van der Waals surface area contributed by atoms with Crippen molar-refractivity contribution in [1.29, 1.82) is 5.26 Å². The smallest absolute Gasteiger partial charge is 0.251 e. The topological polar surface area (TPSA) is 96.0 Å². The maximum absolute atomic E-state index is 13.1. The van der Waals surface area contributed by atoms with Crippen molar-refractivity contribution < 1.29 is 9.18 Å². The summed E-state index contributed by atoms with van der Waals surface area (Å²) >= 11 is 0. The Bertz CT molecular complexity index is 1210. The predicted molar refractivity (Wildman–Crippen MR) is 98.5 cm³/mol. The van der Waals surface area contributed by atoms with Crippen LogP contribution in [0.5, 0.6) is 0 Å². The van der Waals surface area contributed by atoms with Crippen molar-refractivity contribution in [3.63, 3.8) is 0 Å². The molecule has 136 valence electrons. The maximum atomic E-state index is 13.1. The molecule has 2 heterocycles. The lowest BCUT2D eigenvalue weighted by Gasteiger charge is -2.05. The third-order valence-electron chi connectivity index (χ3n) is 4.13. The Labute approximate surface area is 159 Å². The Hall–Kier alpha value is -4.12. The maximum Gasteiger partial charge on any atom is 0.251 e. The summed E-state index contributed by atoms with van der Waals surface area (Å²) < 4.78 is 14.7. The number of halogens is 1. The van der Waals surface area contributed by atoms with Crippen molar-refractivity contribution in [3.05, 3.63) is 83.4 Å². The molecule has 0 unspecified atom stereocenters. The molecule has 2 aromatic heterocycles. The quantitative estimate of drug-likeness (QED) is 0.594. The van der Waals surface area contributed by atoms with Crippen LogP contribution in [-0.4, -0.2) is 25.7 Å². The van der Waals surface area contributed by atoms with E-state index in [4.69, 9.17) is 5.26 Å². The zero-order valence-corrected chi connectivity index (χ0v) is 14.5. The summed E-state index contributed by atoms with van der Waals surface area (Å²) in [6, 6.07) is 17.9. The molecule has 4 aromatic rings. The average Bonchev–Trinajstić information content (AvgIpc) is 3.15. The third kappa shape index (κ3) is 3.41. The second kappa shape index (κ2) is 7.25. The van der Waals surface area contributed by atoms with Crippen LogP contribution >= 0.6 is 0 Å². The van der Waals surface area contributed by atoms with Crippen LogP contribution in [0, 0.1) is 17.1 Å². The Morgan fingerprint density at radius 2 is 1.93 bits per heavy atom. The van der Waals surface area contributed by atoms with Crippen LogP contribution in [0.4, 0.5) is 4.39 Å². The predicted octanol–water partition coefficient (Wildman–Crippen LogP) is 2.73. The molecule has 1 N–H and O–H groups in total. The van der Waals surface area contributed by atoms with E-state index in [9.17, 15) is 9.18 Å². The Kier molecular flexibility index (Phi) is 4.48. The van der Waals surface area contributed by atoms with Gasteiger partial charge in [-0.05, 0) is 54.6 Å². The van der Waals surface area contributed by atoms with Crippen molar-refractivity contribution in [2.24, 2.45) is 0 Å². The first-order valence-electron chi connectivity index (χ1n) is 8.40. The van der Waals surface area contributed by atoms with Crippen LogP contribution < -0.4 is 5.32 Å². The summed E-state index contributed by atoms with van der Waals surface area (Å²) in [5.41, 5.74) is 2.70. The van der Waals surface area contributed by atoms with E-state index in [0.29, 0.717) is 28.3 Å². The van der Waals surface area contributed by atoms with E-state index < -0.39 is 0 Å². The molecule has 0 aliphatic heterocycles. The Morgan fingerprint density at radius 1 is 1.11 bits per heavy atom. The van der Waals surface area contributed by atoms with Gasteiger partial charge in [-0.3, -0.25) is 4.79 Å². The number of nitriles is 1. The lowest BCUT2D eigenvalue weighted by Crippen LogP contribution is -2.24. The highest BCUT2D eigenvalue weighted by atomic mass is 19.1. The fourth-order valence-corrected chi connectivity index (χ4v) is 2.71. The van der Waals surface area contributed by atoms with Crippen molar-refractivity contribution in [3.8, 4) is 17.3 Å². The molecule has 0 atom stereocenters. The molecule has 1 amide bonds. The number of hydrogen-bond acceptors (Lipinski definition) is 5. The van der Waals surface area contributed by atoms with Gasteiger partial charge < -0.3 is 5.32 Å². The van der Waals surface area contributed by atoms with Gasteiger partial charge in [0.15, 0.2) is 11.5 Å². The lowest BCUT2D eigenvalue weighted by atomic mass is 10.1. The number of nitrogens with zero attached hydrogens (tertiary/aromatic N) is 5. The van der Waals surface area contributed by atoms with Gasteiger partial charge >= 0.3 is 0 Å². The average molecular weight is 372 g/mol.